The van der Waals surface area contributed by atoms with E-state index >= 15 is 0 Å². The van der Waals surface area contributed by atoms with E-state index in [1.165, 1.54) is 100 Å². The number of furan rings is 1. The summed E-state index contributed by atoms with van der Waals surface area (Å²) in [5, 5.41) is 2.26. The molecular weight excluding hydrogens is 919 g/mol. The Morgan fingerprint density at radius 1 is 0.316 bits per heavy atom. The van der Waals surface area contributed by atoms with Gasteiger partial charge in [-0.1, -0.05) is 231 Å². The molecule has 3 aliphatic rings. The summed E-state index contributed by atoms with van der Waals surface area (Å²) >= 11 is 0. The van der Waals surface area contributed by atoms with Crippen LogP contribution in [0.4, 0.5) is 17.1 Å². The molecule has 16 rings (SSSR count). The van der Waals surface area contributed by atoms with Crippen LogP contribution in [0.1, 0.15) is 33.4 Å². The first-order valence-corrected chi connectivity index (χ1v) is 26.4. The third-order valence-corrected chi connectivity index (χ3v) is 16.8. The van der Waals surface area contributed by atoms with Crippen molar-refractivity contribution in [2.45, 2.75) is 11.8 Å². The molecule has 1 unspecified atom stereocenters. The lowest BCUT2D eigenvalue weighted by atomic mass is 9.68. The highest BCUT2D eigenvalue weighted by molar-refractivity contribution is 6.10. The molecule has 1 spiro atoms. The van der Waals surface area contributed by atoms with Gasteiger partial charge in [-0.15, -0.1) is 0 Å². The van der Waals surface area contributed by atoms with E-state index in [4.69, 9.17) is 4.42 Å². The minimum Gasteiger partial charge on any atom is -0.455 e. The van der Waals surface area contributed by atoms with Gasteiger partial charge >= 0.3 is 0 Å². The van der Waals surface area contributed by atoms with Gasteiger partial charge in [0.05, 0.1) is 5.41 Å². The molecule has 0 saturated heterocycles. The van der Waals surface area contributed by atoms with Crippen LogP contribution in [0.15, 0.2) is 277 Å². The molecule has 0 saturated carbocycles. The summed E-state index contributed by atoms with van der Waals surface area (Å²) in [6.45, 7) is 0. The van der Waals surface area contributed by atoms with Crippen LogP contribution in [0.25, 0.3) is 99.8 Å². The van der Waals surface area contributed by atoms with Gasteiger partial charge in [-0.05, 0) is 155 Å². The number of hydrogen-bond acceptors (Lipinski definition) is 2. The number of fused-ring (bicyclic) bond motifs is 17. The topological polar surface area (TPSA) is 16.4 Å². The largest absolute Gasteiger partial charge is 0.455 e. The number of anilines is 3. The third-order valence-electron chi connectivity index (χ3n) is 16.8. The van der Waals surface area contributed by atoms with Crippen LogP contribution < -0.4 is 4.90 Å². The fraction of sp³-hybridized carbons (Fsp3) is 0.0270. The van der Waals surface area contributed by atoms with Crippen LogP contribution in [-0.4, -0.2) is 0 Å². The second-order valence-corrected chi connectivity index (χ2v) is 20.6. The van der Waals surface area contributed by atoms with Gasteiger partial charge in [0.15, 0.2) is 0 Å². The minimum absolute atomic E-state index is 0.512. The summed E-state index contributed by atoms with van der Waals surface area (Å²) in [7, 11) is 0. The van der Waals surface area contributed by atoms with E-state index in [1.54, 1.807) is 0 Å². The fourth-order valence-electron chi connectivity index (χ4n) is 13.5. The Balaban J connectivity index is 0.851. The average molecular weight is 966 g/mol. The van der Waals surface area contributed by atoms with Gasteiger partial charge in [0.25, 0.3) is 0 Å². The molecule has 354 valence electrons. The molecule has 12 aromatic carbocycles. The van der Waals surface area contributed by atoms with Gasteiger partial charge in [0.2, 0.25) is 0 Å². The average Bonchev–Trinajstić information content (AvgIpc) is 4.41. The Hall–Kier alpha value is -9.76. The summed E-state index contributed by atoms with van der Waals surface area (Å²) in [6.07, 6.45) is 0.936. The molecule has 0 amide bonds. The summed E-state index contributed by atoms with van der Waals surface area (Å²) in [5.41, 5.74) is 30.3. The van der Waals surface area contributed by atoms with E-state index in [2.05, 4.69) is 272 Å². The van der Waals surface area contributed by atoms with E-state index < -0.39 is 5.41 Å². The first-order chi connectivity index (χ1) is 37.7. The van der Waals surface area contributed by atoms with Crippen molar-refractivity contribution in [3.05, 3.63) is 306 Å². The third kappa shape index (κ3) is 6.22. The second-order valence-electron chi connectivity index (χ2n) is 20.6. The lowest BCUT2D eigenvalue weighted by molar-refractivity contribution is 0.670. The highest BCUT2D eigenvalue weighted by Crippen LogP contribution is 2.66. The van der Waals surface area contributed by atoms with Crippen LogP contribution >= 0.6 is 0 Å². The fourth-order valence-corrected chi connectivity index (χ4v) is 13.5. The molecule has 0 bridgehead atoms. The zero-order chi connectivity index (χ0) is 49.9. The number of hydrogen-bond donors (Lipinski definition) is 0. The Morgan fingerprint density at radius 2 is 0.855 bits per heavy atom. The normalized spacial score (nSPS) is 14.3. The molecule has 0 fully saturated rings. The molecule has 0 radical (unpaired) electrons. The summed E-state index contributed by atoms with van der Waals surface area (Å²) < 4.78 is 6.53. The number of rotatable bonds is 7. The molecule has 13 aromatic rings. The summed E-state index contributed by atoms with van der Waals surface area (Å²) in [4.78, 5) is 2.41. The number of para-hydroxylation sites is 2. The van der Waals surface area contributed by atoms with E-state index in [0.717, 1.165) is 56.5 Å². The van der Waals surface area contributed by atoms with Crippen molar-refractivity contribution in [1.82, 2.24) is 0 Å². The van der Waals surface area contributed by atoms with Crippen molar-refractivity contribution >= 4 is 39.0 Å². The maximum atomic E-state index is 6.53. The monoisotopic (exact) mass is 965 g/mol. The van der Waals surface area contributed by atoms with Crippen LogP contribution in [0.2, 0.25) is 0 Å². The molecule has 76 heavy (non-hydrogen) atoms. The zero-order valence-corrected chi connectivity index (χ0v) is 41.5. The van der Waals surface area contributed by atoms with Crippen molar-refractivity contribution < 1.29 is 4.42 Å². The molecule has 1 heterocycles. The minimum atomic E-state index is -0.512. The first kappa shape index (κ1) is 42.7. The Kier molecular flexibility index (Phi) is 9.35. The van der Waals surface area contributed by atoms with Crippen molar-refractivity contribution in [3.63, 3.8) is 0 Å². The lowest BCUT2D eigenvalue weighted by Gasteiger charge is -2.32. The second kappa shape index (κ2) is 16.6. The van der Waals surface area contributed by atoms with Crippen LogP contribution in [0.5, 0.6) is 0 Å². The SMILES string of the molecule is c1ccc(-c2ccc(-c3ccc(N(c4ccc(-c5cccc6c5oc5ccccc56)cc4)c4cccc(-c5cccc6c5C5(c7ccccc7-6)c6ccccc6-c6c5ccc5c6Cc6ccccc6-5)c4)cc3)cc2)cc1. The number of nitrogens with zero attached hydrogens (tertiary/aromatic N) is 1. The van der Waals surface area contributed by atoms with E-state index in [0.29, 0.717) is 0 Å². The van der Waals surface area contributed by atoms with Crippen LogP contribution in [-0.2, 0) is 11.8 Å². The number of benzene rings is 12. The van der Waals surface area contributed by atoms with Crippen molar-refractivity contribution in [1.29, 1.82) is 0 Å². The maximum Gasteiger partial charge on any atom is 0.143 e. The Bertz CT molecular complexity index is 4470. The lowest BCUT2D eigenvalue weighted by Crippen LogP contribution is -2.26. The van der Waals surface area contributed by atoms with Crippen LogP contribution in [0.3, 0.4) is 0 Å². The van der Waals surface area contributed by atoms with Crippen LogP contribution in [0, 0.1) is 0 Å². The zero-order valence-electron chi connectivity index (χ0n) is 41.5. The Labute approximate surface area is 442 Å². The molecule has 2 nitrogen and oxygen atoms in total. The van der Waals surface area contributed by atoms with Gasteiger partial charge in [-0.25, -0.2) is 0 Å². The standard InChI is InChI=1S/C74H47NO/c1-2-15-47(16-3-1)48-31-33-49(34-32-48)50-35-39-54(40-36-50)75(55-41-37-51(38-42-55)59-25-14-27-64-62-22-8-11-30-70(62)76-73(59)64)56-19-12-18-52(45-56)58-24-13-26-63-61-21-6-9-28-67(61)74(72(58)63)68-29-10-7-23-65(68)71-66-46-53-17-4-5-20-57(53)60(66)43-44-69(71)74/h1-45H,46H2. The molecule has 1 aromatic heterocycles. The smallest absolute Gasteiger partial charge is 0.143 e. The molecule has 3 aliphatic carbocycles. The van der Waals surface area contributed by atoms with Gasteiger partial charge in [-0.2, -0.15) is 0 Å². The molecule has 0 aliphatic heterocycles. The summed E-state index contributed by atoms with van der Waals surface area (Å²) in [6, 6.07) is 101. The van der Waals surface area contributed by atoms with Crippen molar-refractivity contribution in [3.8, 4) is 77.9 Å². The quantitative estimate of drug-likeness (QED) is 0.158. The first-order valence-electron chi connectivity index (χ1n) is 26.4. The van der Waals surface area contributed by atoms with Gasteiger partial charge < -0.3 is 9.32 Å². The maximum absolute atomic E-state index is 6.53. The van der Waals surface area contributed by atoms with E-state index in [-0.39, 0.29) is 0 Å². The highest BCUT2D eigenvalue weighted by atomic mass is 16.3. The predicted octanol–water partition coefficient (Wildman–Crippen LogP) is 19.6. The Morgan fingerprint density at radius 3 is 1.63 bits per heavy atom. The summed E-state index contributed by atoms with van der Waals surface area (Å²) in [5.74, 6) is 0. The van der Waals surface area contributed by atoms with Crippen molar-refractivity contribution in [2.75, 3.05) is 4.90 Å². The van der Waals surface area contributed by atoms with Gasteiger partial charge in [-0.3, -0.25) is 0 Å². The van der Waals surface area contributed by atoms with Gasteiger partial charge in [0, 0.05) is 33.4 Å². The van der Waals surface area contributed by atoms with E-state index in [1.807, 2.05) is 6.07 Å². The van der Waals surface area contributed by atoms with E-state index in [9.17, 15) is 0 Å². The highest BCUT2D eigenvalue weighted by Gasteiger charge is 2.53. The molecule has 0 N–H and O–H groups in total. The molecule has 2 heteroatoms. The predicted molar refractivity (Wildman–Crippen MR) is 315 cm³/mol. The van der Waals surface area contributed by atoms with Crippen molar-refractivity contribution in [2.24, 2.45) is 0 Å². The molecule has 1 atom stereocenters. The van der Waals surface area contributed by atoms with Gasteiger partial charge in [0.1, 0.15) is 11.2 Å². The molecular formula is C74H47NO.